The summed E-state index contributed by atoms with van der Waals surface area (Å²) in [6.45, 7) is -0.113. The lowest BCUT2D eigenvalue weighted by Crippen LogP contribution is -2.42. The van der Waals surface area contributed by atoms with E-state index in [1.807, 2.05) is 0 Å². The Kier molecular flexibility index (Phi) is 1.92. The van der Waals surface area contributed by atoms with Gasteiger partial charge in [0.2, 0.25) is 0 Å². The molecule has 48 valence electrons. The molecule has 0 aliphatic rings. The molecule has 0 radical (unpaired) electrons. The number of hydrogen-bond donors (Lipinski definition) is 2. The smallest absolute Gasteiger partial charge is 0.251 e. The minimum Gasteiger partial charge on any atom is -0.378 e. The predicted molar refractivity (Wildman–Crippen MR) is 25.8 cm³/mol. The van der Waals surface area contributed by atoms with Crippen LogP contribution in [0.25, 0.3) is 0 Å². The molecule has 0 bridgehead atoms. The van der Waals surface area contributed by atoms with Crippen molar-refractivity contribution in [2.45, 2.75) is 12.5 Å². The van der Waals surface area contributed by atoms with Crippen molar-refractivity contribution >= 4 is 5.91 Å². The van der Waals surface area contributed by atoms with Crippen molar-refractivity contribution in [3.63, 3.8) is 0 Å². The molecular formula is C4H8FNO2. The summed E-state index contributed by atoms with van der Waals surface area (Å²) in [6.07, 6.45) is 0. The second-order valence-corrected chi connectivity index (χ2v) is 1.77. The number of halogens is 1. The van der Waals surface area contributed by atoms with Gasteiger partial charge in [-0.25, -0.2) is 4.39 Å². The number of primary amides is 1. The highest BCUT2D eigenvalue weighted by Gasteiger charge is 2.26. The molecule has 0 heterocycles. The molecule has 0 fully saturated rings. The molecule has 3 nitrogen and oxygen atoms in total. The Hall–Kier alpha value is -0.640. The second kappa shape index (κ2) is 2.09. The minimum atomic E-state index is -1.99. The number of rotatable bonds is 2. The van der Waals surface area contributed by atoms with Crippen LogP contribution in [0, 0.1) is 0 Å². The first-order valence-electron chi connectivity index (χ1n) is 2.09. The van der Waals surface area contributed by atoms with Gasteiger partial charge in [-0.05, 0) is 6.92 Å². The number of aliphatic hydroxyl groups is 1. The first-order chi connectivity index (χ1) is 3.50. The summed E-state index contributed by atoms with van der Waals surface area (Å²) >= 11 is 0. The molecule has 1 atom stereocenters. The van der Waals surface area contributed by atoms with Gasteiger partial charge in [0.05, 0.1) is 0 Å². The van der Waals surface area contributed by atoms with E-state index in [0.29, 0.717) is 0 Å². The topological polar surface area (TPSA) is 63.3 Å². The lowest BCUT2D eigenvalue weighted by molar-refractivity contribution is -0.135. The number of carbonyl (C=O) groups excluding carboxylic acids is 1. The lowest BCUT2D eigenvalue weighted by Gasteiger charge is -2.12. The molecular weight excluding hydrogens is 113 g/mol. The number of hydrogen-bond acceptors (Lipinski definition) is 2. The second-order valence-electron chi connectivity index (χ2n) is 1.77. The molecule has 0 aromatic heterocycles. The maximum absolute atomic E-state index is 11.5. The maximum Gasteiger partial charge on any atom is 0.251 e. The van der Waals surface area contributed by atoms with Crippen LogP contribution in [0.15, 0.2) is 0 Å². The zero-order chi connectivity index (χ0) is 6.78. The Bertz CT molecular complexity index is 102. The van der Waals surface area contributed by atoms with Gasteiger partial charge in [-0.1, -0.05) is 0 Å². The Morgan fingerprint density at radius 1 is 2.00 bits per heavy atom. The van der Waals surface area contributed by atoms with Gasteiger partial charge in [-0.3, -0.25) is 4.79 Å². The van der Waals surface area contributed by atoms with Crippen molar-refractivity contribution in [2.24, 2.45) is 5.73 Å². The fourth-order valence-corrected chi connectivity index (χ4v) is 0.0659. The van der Waals surface area contributed by atoms with E-state index in [0.717, 1.165) is 6.92 Å². The zero-order valence-electron chi connectivity index (χ0n) is 4.52. The third-order valence-electron chi connectivity index (χ3n) is 0.791. The van der Waals surface area contributed by atoms with Crippen LogP contribution < -0.4 is 5.73 Å². The summed E-state index contributed by atoms with van der Waals surface area (Å²) in [6, 6.07) is 0. The van der Waals surface area contributed by atoms with Crippen LogP contribution in [0.5, 0.6) is 0 Å². The van der Waals surface area contributed by atoms with Crippen LogP contribution in [0.2, 0.25) is 0 Å². The third-order valence-corrected chi connectivity index (χ3v) is 0.791. The fourth-order valence-electron chi connectivity index (χ4n) is 0.0659. The Morgan fingerprint density at radius 2 is 2.38 bits per heavy atom. The van der Waals surface area contributed by atoms with Crippen molar-refractivity contribution in [3.05, 3.63) is 0 Å². The zero-order valence-corrected chi connectivity index (χ0v) is 4.52. The van der Waals surface area contributed by atoms with Crippen LogP contribution in [0.4, 0.5) is 4.39 Å². The molecule has 0 spiro atoms. The largest absolute Gasteiger partial charge is 0.378 e. The van der Waals surface area contributed by atoms with Crippen LogP contribution >= 0.6 is 0 Å². The number of alkyl halides is 1. The van der Waals surface area contributed by atoms with Crippen molar-refractivity contribution in [1.82, 2.24) is 0 Å². The number of carbonyl (C=O) groups is 1. The highest BCUT2D eigenvalue weighted by Crippen LogP contribution is 2.00. The van der Waals surface area contributed by atoms with Gasteiger partial charge in [-0.2, -0.15) is 0 Å². The van der Waals surface area contributed by atoms with Crippen LogP contribution in [0.1, 0.15) is 6.92 Å². The molecule has 4 heteroatoms. The van der Waals surface area contributed by atoms with Gasteiger partial charge in [0, 0.05) is 0 Å². The lowest BCUT2D eigenvalue weighted by atomic mass is 10.1. The normalized spacial score (nSPS) is 17.4. The molecule has 1 amide bonds. The van der Waals surface area contributed by atoms with Gasteiger partial charge in [0.1, 0.15) is 6.67 Å². The van der Waals surface area contributed by atoms with Crippen LogP contribution in [-0.4, -0.2) is 23.3 Å². The molecule has 0 saturated carbocycles. The van der Waals surface area contributed by atoms with E-state index < -0.39 is 18.2 Å². The molecule has 3 N–H and O–H groups in total. The molecule has 0 aliphatic carbocycles. The van der Waals surface area contributed by atoms with Gasteiger partial charge in [-0.15, -0.1) is 0 Å². The minimum absolute atomic E-state index is 1.02. The van der Waals surface area contributed by atoms with Crippen molar-refractivity contribution < 1.29 is 14.3 Å². The van der Waals surface area contributed by atoms with Gasteiger partial charge >= 0.3 is 0 Å². The number of amides is 1. The quantitative estimate of drug-likeness (QED) is 0.502. The Morgan fingerprint density at radius 3 is 2.38 bits per heavy atom. The van der Waals surface area contributed by atoms with E-state index in [1.165, 1.54) is 0 Å². The molecule has 0 aliphatic heterocycles. The molecule has 0 rings (SSSR count). The predicted octanol–water partition coefficient (Wildman–Crippen LogP) is -0.808. The summed E-state index contributed by atoms with van der Waals surface area (Å²) in [5.41, 5.74) is 2.57. The van der Waals surface area contributed by atoms with Crippen LogP contribution in [-0.2, 0) is 4.79 Å². The van der Waals surface area contributed by atoms with Crippen LogP contribution in [0.3, 0.4) is 0 Å². The van der Waals surface area contributed by atoms with E-state index in [1.54, 1.807) is 0 Å². The van der Waals surface area contributed by atoms with Gasteiger partial charge in [0.25, 0.3) is 5.91 Å². The molecule has 1 unspecified atom stereocenters. The van der Waals surface area contributed by atoms with E-state index in [-0.39, 0.29) is 0 Å². The van der Waals surface area contributed by atoms with Crippen molar-refractivity contribution in [3.8, 4) is 0 Å². The maximum atomic E-state index is 11.5. The monoisotopic (exact) mass is 121 g/mol. The Labute approximate surface area is 46.3 Å². The van der Waals surface area contributed by atoms with E-state index >= 15 is 0 Å². The first-order valence-corrected chi connectivity index (χ1v) is 2.09. The SMILES string of the molecule is CC(O)(CF)C(N)=O. The van der Waals surface area contributed by atoms with Gasteiger partial charge in [0.15, 0.2) is 5.60 Å². The summed E-state index contributed by atoms with van der Waals surface area (Å²) in [7, 11) is 0. The molecule has 8 heavy (non-hydrogen) atoms. The summed E-state index contributed by atoms with van der Waals surface area (Å²) in [5, 5.41) is 8.55. The van der Waals surface area contributed by atoms with E-state index in [9.17, 15) is 9.18 Å². The van der Waals surface area contributed by atoms with E-state index in [4.69, 9.17) is 5.11 Å². The summed E-state index contributed by atoms with van der Waals surface area (Å²) in [4.78, 5) is 9.98. The Balaban J connectivity index is 3.91. The summed E-state index contributed by atoms with van der Waals surface area (Å²) in [5.74, 6) is -1.04. The van der Waals surface area contributed by atoms with E-state index in [2.05, 4.69) is 5.73 Å². The highest BCUT2D eigenvalue weighted by molar-refractivity contribution is 5.82. The third kappa shape index (κ3) is 1.46. The van der Waals surface area contributed by atoms with Crippen molar-refractivity contribution in [2.75, 3.05) is 6.67 Å². The standard InChI is InChI=1S/C4H8FNO2/c1-4(8,2-5)3(6)7/h8H,2H2,1H3,(H2,6,7). The molecule has 0 aromatic carbocycles. The average Bonchev–Trinajstić information content (AvgIpc) is 1.67. The fraction of sp³-hybridized carbons (Fsp3) is 0.750. The molecule has 0 aromatic rings. The van der Waals surface area contributed by atoms with Crippen molar-refractivity contribution in [1.29, 1.82) is 0 Å². The van der Waals surface area contributed by atoms with Gasteiger partial charge < -0.3 is 10.8 Å². The first kappa shape index (κ1) is 7.36. The molecule has 0 saturated heterocycles. The highest BCUT2D eigenvalue weighted by atomic mass is 19.1. The summed E-state index contributed by atoms with van der Waals surface area (Å²) < 4.78 is 11.5. The average molecular weight is 121 g/mol. The number of nitrogens with two attached hydrogens (primary N) is 1.